The standard InChI is InChI=1S/C14H21ClN2O/c15-14-9-13(6-5-11(14)10-16)17-7-1-3-12(17)4-2-8-18/h5-6,9,12,18H,1-4,7-8,10,16H2. The second kappa shape index (κ2) is 6.41. The first-order valence-corrected chi connectivity index (χ1v) is 7.00. The van der Waals surface area contributed by atoms with Gasteiger partial charge in [-0.15, -0.1) is 0 Å². The van der Waals surface area contributed by atoms with Gasteiger partial charge in [0.15, 0.2) is 0 Å². The smallest absolute Gasteiger partial charge is 0.0471 e. The van der Waals surface area contributed by atoms with E-state index in [1.807, 2.05) is 12.1 Å². The van der Waals surface area contributed by atoms with Crippen LogP contribution in [0, 0.1) is 0 Å². The van der Waals surface area contributed by atoms with Crippen molar-refractivity contribution in [3.8, 4) is 0 Å². The summed E-state index contributed by atoms with van der Waals surface area (Å²) in [4.78, 5) is 2.40. The van der Waals surface area contributed by atoms with Gasteiger partial charge < -0.3 is 15.7 Å². The average Bonchev–Trinajstić information content (AvgIpc) is 2.84. The van der Waals surface area contributed by atoms with E-state index < -0.39 is 0 Å². The number of hydrogen-bond donors (Lipinski definition) is 2. The molecule has 0 spiro atoms. The topological polar surface area (TPSA) is 49.5 Å². The van der Waals surface area contributed by atoms with Crippen molar-refractivity contribution in [3.05, 3.63) is 28.8 Å². The molecule has 3 N–H and O–H groups in total. The molecule has 1 aromatic rings. The molecule has 18 heavy (non-hydrogen) atoms. The highest BCUT2D eigenvalue weighted by molar-refractivity contribution is 6.31. The average molecular weight is 269 g/mol. The second-order valence-electron chi connectivity index (χ2n) is 4.84. The molecular formula is C14H21ClN2O. The maximum Gasteiger partial charge on any atom is 0.0471 e. The van der Waals surface area contributed by atoms with Crippen LogP contribution in [-0.2, 0) is 6.54 Å². The Kier molecular flexibility index (Phi) is 4.87. The van der Waals surface area contributed by atoms with E-state index in [4.69, 9.17) is 22.4 Å². The first-order valence-electron chi connectivity index (χ1n) is 6.62. The molecule has 1 aliphatic rings. The van der Waals surface area contributed by atoms with Crippen molar-refractivity contribution in [2.75, 3.05) is 18.1 Å². The van der Waals surface area contributed by atoms with Crippen LogP contribution in [0.4, 0.5) is 5.69 Å². The van der Waals surface area contributed by atoms with E-state index >= 15 is 0 Å². The molecule has 3 nitrogen and oxygen atoms in total. The lowest BCUT2D eigenvalue weighted by atomic mass is 10.1. The van der Waals surface area contributed by atoms with E-state index in [9.17, 15) is 0 Å². The summed E-state index contributed by atoms with van der Waals surface area (Å²) in [5, 5.41) is 9.69. The third kappa shape index (κ3) is 2.97. The summed E-state index contributed by atoms with van der Waals surface area (Å²) < 4.78 is 0. The molecule has 0 bridgehead atoms. The molecule has 4 heteroatoms. The fourth-order valence-corrected chi connectivity index (χ4v) is 2.94. The summed E-state index contributed by atoms with van der Waals surface area (Å²) in [6, 6.07) is 6.67. The van der Waals surface area contributed by atoms with Crippen LogP contribution in [0.5, 0.6) is 0 Å². The van der Waals surface area contributed by atoms with Gasteiger partial charge in [0.05, 0.1) is 0 Å². The lowest BCUT2D eigenvalue weighted by Gasteiger charge is -2.27. The normalized spacial score (nSPS) is 19.5. The van der Waals surface area contributed by atoms with Crippen molar-refractivity contribution >= 4 is 17.3 Å². The minimum Gasteiger partial charge on any atom is -0.396 e. The fourth-order valence-electron chi connectivity index (χ4n) is 2.68. The van der Waals surface area contributed by atoms with Gasteiger partial charge in [-0.3, -0.25) is 0 Å². The Balaban J connectivity index is 2.12. The Morgan fingerprint density at radius 1 is 1.44 bits per heavy atom. The number of hydrogen-bond acceptors (Lipinski definition) is 3. The lowest BCUT2D eigenvalue weighted by Crippen LogP contribution is -2.29. The quantitative estimate of drug-likeness (QED) is 0.863. The number of aliphatic hydroxyl groups excluding tert-OH is 1. The van der Waals surface area contributed by atoms with Crippen LogP contribution in [0.25, 0.3) is 0 Å². The Labute approximate surface area is 114 Å². The number of halogens is 1. The third-order valence-electron chi connectivity index (χ3n) is 3.66. The van der Waals surface area contributed by atoms with E-state index in [2.05, 4.69) is 11.0 Å². The summed E-state index contributed by atoms with van der Waals surface area (Å²) in [6.07, 6.45) is 4.34. The molecule has 1 fully saturated rings. The molecule has 2 rings (SSSR count). The maximum atomic E-state index is 8.94. The van der Waals surface area contributed by atoms with Gasteiger partial charge in [-0.05, 0) is 43.4 Å². The van der Waals surface area contributed by atoms with Crippen LogP contribution < -0.4 is 10.6 Å². The number of aliphatic hydroxyl groups is 1. The van der Waals surface area contributed by atoms with Crippen molar-refractivity contribution in [3.63, 3.8) is 0 Å². The van der Waals surface area contributed by atoms with Gasteiger partial charge in [-0.2, -0.15) is 0 Å². The van der Waals surface area contributed by atoms with Gasteiger partial charge in [0.2, 0.25) is 0 Å². The van der Waals surface area contributed by atoms with Crippen LogP contribution in [0.2, 0.25) is 5.02 Å². The molecule has 0 saturated carbocycles. The number of benzene rings is 1. The fraction of sp³-hybridized carbons (Fsp3) is 0.571. The number of rotatable bonds is 5. The Hall–Kier alpha value is -0.770. The summed E-state index contributed by atoms with van der Waals surface area (Å²) in [6.45, 7) is 1.83. The molecule has 0 amide bonds. The van der Waals surface area contributed by atoms with E-state index in [1.54, 1.807) is 0 Å². The maximum absolute atomic E-state index is 8.94. The van der Waals surface area contributed by atoms with E-state index in [1.165, 1.54) is 18.5 Å². The largest absolute Gasteiger partial charge is 0.396 e. The molecule has 1 aromatic carbocycles. The summed E-state index contributed by atoms with van der Waals surface area (Å²) >= 11 is 6.21. The van der Waals surface area contributed by atoms with Crippen molar-refractivity contribution in [1.29, 1.82) is 0 Å². The molecule has 0 aliphatic carbocycles. The molecule has 1 atom stereocenters. The van der Waals surface area contributed by atoms with Crippen molar-refractivity contribution < 1.29 is 5.11 Å². The molecule has 1 aliphatic heterocycles. The molecular weight excluding hydrogens is 248 g/mol. The van der Waals surface area contributed by atoms with Crippen molar-refractivity contribution in [2.24, 2.45) is 5.73 Å². The summed E-state index contributed by atoms with van der Waals surface area (Å²) in [5.41, 5.74) is 7.79. The second-order valence-corrected chi connectivity index (χ2v) is 5.24. The van der Waals surface area contributed by atoms with Gasteiger partial charge >= 0.3 is 0 Å². The molecule has 100 valence electrons. The van der Waals surface area contributed by atoms with E-state index in [-0.39, 0.29) is 6.61 Å². The Morgan fingerprint density at radius 2 is 2.28 bits per heavy atom. The van der Waals surface area contributed by atoms with Crippen LogP contribution in [0.15, 0.2) is 18.2 Å². The predicted molar refractivity (Wildman–Crippen MR) is 76.0 cm³/mol. The van der Waals surface area contributed by atoms with Gasteiger partial charge in [-0.1, -0.05) is 17.7 Å². The third-order valence-corrected chi connectivity index (χ3v) is 4.01. The van der Waals surface area contributed by atoms with Crippen LogP contribution in [0.1, 0.15) is 31.2 Å². The van der Waals surface area contributed by atoms with Crippen molar-refractivity contribution in [2.45, 2.75) is 38.3 Å². The highest BCUT2D eigenvalue weighted by Crippen LogP contribution is 2.31. The van der Waals surface area contributed by atoms with Gasteiger partial charge in [-0.25, -0.2) is 0 Å². The van der Waals surface area contributed by atoms with Gasteiger partial charge in [0.1, 0.15) is 0 Å². The van der Waals surface area contributed by atoms with Gasteiger partial charge in [0, 0.05) is 36.4 Å². The van der Waals surface area contributed by atoms with Crippen LogP contribution in [0.3, 0.4) is 0 Å². The Bertz CT molecular complexity index is 397. The van der Waals surface area contributed by atoms with Crippen LogP contribution >= 0.6 is 11.6 Å². The molecule has 0 radical (unpaired) electrons. The summed E-state index contributed by atoms with van der Waals surface area (Å²) in [5.74, 6) is 0. The van der Waals surface area contributed by atoms with Crippen LogP contribution in [-0.4, -0.2) is 24.3 Å². The minimum atomic E-state index is 0.275. The zero-order valence-electron chi connectivity index (χ0n) is 10.6. The first kappa shape index (κ1) is 13.7. The molecule has 0 aromatic heterocycles. The lowest BCUT2D eigenvalue weighted by molar-refractivity contribution is 0.279. The van der Waals surface area contributed by atoms with Crippen molar-refractivity contribution in [1.82, 2.24) is 0 Å². The minimum absolute atomic E-state index is 0.275. The molecule has 1 saturated heterocycles. The molecule has 1 heterocycles. The highest BCUT2D eigenvalue weighted by atomic mass is 35.5. The van der Waals surface area contributed by atoms with E-state index in [0.29, 0.717) is 12.6 Å². The Morgan fingerprint density at radius 3 is 2.94 bits per heavy atom. The van der Waals surface area contributed by atoms with E-state index in [0.717, 1.165) is 30.0 Å². The SMILES string of the molecule is NCc1ccc(N2CCCC2CCCO)cc1Cl. The number of nitrogens with two attached hydrogens (primary N) is 1. The zero-order valence-corrected chi connectivity index (χ0v) is 11.4. The number of anilines is 1. The summed E-state index contributed by atoms with van der Waals surface area (Å²) in [7, 11) is 0. The zero-order chi connectivity index (χ0) is 13.0. The molecule has 1 unspecified atom stereocenters. The van der Waals surface area contributed by atoms with Gasteiger partial charge in [0.25, 0.3) is 0 Å². The predicted octanol–water partition coefficient (Wildman–Crippen LogP) is 2.54. The first-order chi connectivity index (χ1) is 8.76. The number of nitrogens with zero attached hydrogens (tertiary/aromatic N) is 1. The monoisotopic (exact) mass is 268 g/mol. The highest BCUT2D eigenvalue weighted by Gasteiger charge is 2.24.